The first-order valence-corrected chi connectivity index (χ1v) is 9.04. The Labute approximate surface area is 151 Å². The molecule has 1 aromatic carbocycles. The molecule has 0 aliphatic carbocycles. The molecule has 0 bridgehead atoms. The fraction of sp³-hybridized carbons (Fsp3) is 0.389. The Morgan fingerprint density at radius 2 is 2.00 bits per heavy atom. The third kappa shape index (κ3) is 5.16. The molecule has 0 aliphatic rings. The number of carbonyl (C=O) groups is 1. The van der Waals surface area contributed by atoms with E-state index in [9.17, 15) is 9.18 Å². The lowest BCUT2D eigenvalue weighted by molar-refractivity contribution is -0.120. The second-order valence-corrected chi connectivity index (χ2v) is 7.42. The molecule has 0 fully saturated rings. The van der Waals surface area contributed by atoms with Crippen molar-refractivity contribution in [2.24, 2.45) is 5.92 Å². The number of amides is 1. The number of aromatic nitrogens is 3. The molecule has 0 spiro atoms. The van der Waals surface area contributed by atoms with Crippen LogP contribution in [0.25, 0.3) is 11.4 Å². The van der Waals surface area contributed by atoms with Crippen molar-refractivity contribution in [2.75, 3.05) is 6.54 Å². The van der Waals surface area contributed by atoms with E-state index in [1.165, 1.54) is 23.9 Å². The average molecular weight is 362 g/mol. The third-order valence-corrected chi connectivity index (χ3v) is 4.55. The van der Waals surface area contributed by atoms with Crippen LogP contribution >= 0.6 is 11.8 Å². The lowest BCUT2D eigenvalue weighted by Gasteiger charge is -2.14. The van der Waals surface area contributed by atoms with Gasteiger partial charge in [0.2, 0.25) is 5.91 Å². The van der Waals surface area contributed by atoms with Crippen molar-refractivity contribution in [3.63, 3.8) is 0 Å². The van der Waals surface area contributed by atoms with E-state index in [1.807, 2.05) is 25.3 Å². The number of rotatable bonds is 8. The van der Waals surface area contributed by atoms with Crippen LogP contribution in [0.2, 0.25) is 0 Å². The van der Waals surface area contributed by atoms with Crippen LogP contribution in [0.15, 0.2) is 42.1 Å². The van der Waals surface area contributed by atoms with Gasteiger partial charge >= 0.3 is 0 Å². The van der Waals surface area contributed by atoms with Crippen LogP contribution in [0.3, 0.4) is 0 Å². The Balaban J connectivity index is 2.19. The molecule has 5 nitrogen and oxygen atoms in total. The van der Waals surface area contributed by atoms with Crippen LogP contribution in [0.1, 0.15) is 20.8 Å². The number of hydrogen-bond donors (Lipinski definition) is 1. The van der Waals surface area contributed by atoms with Gasteiger partial charge in [-0.3, -0.25) is 9.36 Å². The maximum Gasteiger partial charge on any atom is 0.233 e. The summed E-state index contributed by atoms with van der Waals surface area (Å²) in [6.45, 7) is 10.8. The molecule has 1 heterocycles. The predicted octanol–water partition coefficient (Wildman–Crippen LogP) is 3.52. The van der Waals surface area contributed by atoms with Crippen molar-refractivity contribution < 1.29 is 9.18 Å². The fourth-order valence-corrected chi connectivity index (χ4v) is 3.02. The molecule has 1 N–H and O–H groups in total. The summed E-state index contributed by atoms with van der Waals surface area (Å²) >= 11 is 1.34. The van der Waals surface area contributed by atoms with Gasteiger partial charge in [0.25, 0.3) is 0 Å². The normalized spacial score (nSPS) is 12.2. The number of allylic oxidation sites excluding steroid dienone is 1. The lowest BCUT2D eigenvalue weighted by atomic mass is 10.2. The van der Waals surface area contributed by atoms with Crippen molar-refractivity contribution in [1.82, 2.24) is 20.1 Å². The molecule has 1 amide bonds. The van der Waals surface area contributed by atoms with Gasteiger partial charge in [-0.2, -0.15) is 0 Å². The largest absolute Gasteiger partial charge is 0.355 e. The lowest BCUT2D eigenvalue weighted by Crippen LogP contribution is -2.33. The average Bonchev–Trinajstić information content (AvgIpc) is 2.96. The molecule has 0 radical (unpaired) electrons. The van der Waals surface area contributed by atoms with Crippen molar-refractivity contribution in [3.05, 3.63) is 42.7 Å². The smallest absolute Gasteiger partial charge is 0.233 e. The van der Waals surface area contributed by atoms with Gasteiger partial charge in [0.1, 0.15) is 5.82 Å². The zero-order valence-corrected chi connectivity index (χ0v) is 15.5. The molecule has 1 atom stereocenters. The Morgan fingerprint density at radius 3 is 2.60 bits per heavy atom. The van der Waals surface area contributed by atoms with Gasteiger partial charge in [0.15, 0.2) is 11.0 Å². The van der Waals surface area contributed by atoms with Gasteiger partial charge < -0.3 is 5.32 Å². The van der Waals surface area contributed by atoms with Crippen LogP contribution in [0, 0.1) is 11.7 Å². The molecule has 134 valence electrons. The van der Waals surface area contributed by atoms with Gasteiger partial charge in [-0.05, 0) is 37.1 Å². The third-order valence-electron chi connectivity index (χ3n) is 3.47. The van der Waals surface area contributed by atoms with E-state index in [-0.39, 0.29) is 17.0 Å². The highest BCUT2D eigenvalue weighted by Gasteiger charge is 2.20. The van der Waals surface area contributed by atoms with Gasteiger partial charge in [0, 0.05) is 18.7 Å². The van der Waals surface area contributed by atoms with Gasteiger partial charge in [-0.25, -0.2) is 4.39 Å². The topological polar surface area (TPSA) is 59.8 Å². The van der Waals surface area contributed by atoms with E-state index < -0.39 is 0 Å². The summed E-state index contributed by atoms with van der Waals surface area (Å²) in [6.07, 6.45) is 1.74. The number of carbonyl (C=O) groups excluding carboxylic acids is 1. The summed E-state index contributed by atoms with van der Waals surface area (Å²) < 4.78 is 15.0. The van der Waals surface area contributed by atoms with Crippen molar-refractivity contribution in [2.45, 2.75) is 37.7 Å². The Morgan fingerprint density at radius 1 is 1.32 bits per heavy atom. The number of thioether (sulfide) groups is 1. The van der Waals surface area contributed by atoms with E-state index in [2.05, 4.69) is 22.1 Å². The van der Waals surface area contributed by atoms with Gasteiger partial charge in [-0.1, -0.05) is 31.7 Å². The molecule has 0 saturated carbocycles. The Kier molecular flexibility index (Phi) is 6.75. The molecule has 0 unspecified atom stereocenters. The second-order valence-electron chi connectivity index (χ2n) is 6.11. The molecular weight excluding hydrogens is 339 g/mol. The van der Waals surface area contributed by atoms with Crippen LogP contribution in [-0.4, -0.2) is 32.5 Å². The zero-order valence-electron chi connectivity index (χ0n) is 14.7. The first-order valence-electron chi connectivity index (χ1n) is 8.16. The number of nitrogens with zero attached hydrogens (tertiary/aromatic N) is 3. The summed E-state index contributed by atoms with van der Waals surface area (Å²) in [6, 6.07) is 6.09. The predicted molar refractivity (Wildman–Crippen MR) is 98.8 cm³/mol. The minimum atomic E-state index is -0.302. The fourth-order valence-electron chi connectivity index (χ4n) is 2.14. The van der Waals surface area contributed by atoms with Crippen molar-refractivity contribution in [1.29, 1.82) is 0 Å². The van der Waals surface area contributed by atoms with E-state index in [1.54, 1.807) is 18.2 Å². The van der Waals surface area contributed by atoms with Crippen LogP contribution in [0.5, 0.6) is 0 Å². The molecule has 2 rings (SSSR count). The van der Waals surface area contributed by atoms with E-state index in [0.29, 0.717) is 30.0 Å². The Hall–Kier alpha value is -2.15. The van der Waals surface area contributed by atoms with E-state index in [4.69, 9.17) is 0 Å². The number of halogens is 1. The summed E-state index contributed by atoms with van der Waals surface area (Å²) in [7, 11) is 0. The number of nitrogens with one attached hydrogen (secondary N) is 1. The highest BCUT2D eigenvalue weighted by molar-refractivity contribution is 8.00. The maximum absolute atomic E-state index is 13.1. The van der Waals surface area contributed by atoms with Gasteiger partial charge in [-0.15, -0.1) is 16.8 Å². The molecule has 0 aliphatic heterocycles. The summed E-state index contributed by atoms with van der Waals surface area (Å²) in [5.41, 5.74) is 0.763. The molecule has 0 saturated heterocycles. The minimum Gasteiger partial charge on any atom is -0.355 e. The highest BCUT2D eigenvalue weighted by atomic mass is 32.2. The summed E-state index contributed by atoms with van der Waals surface area (Å²) in [5, 5.41) is 11.7. The first kappa shape index (κ1) is 19.2. The molecule has 7 heteroatoms. The van der Waals surface area contributed by atoms with E-state index in [0.717, 1.165) is 5.56 Å². The zero-order chi connectivity index (χ0) is 18.4. The molecular formula is C18H23FN4OS. The number of hydrogen-bond acceptors (Lipinski definition) is 4. The van der Waals surface area contributed by atoms with Gasteiger partial charge in [0.05, 0.1) is 5.25 Å². The number of benzene rings is 1. The standard InChI is InChI=1S/C18H23FN4OS/c1-5-10-23-16(14-6-8-15(19)9-7-14)21-22-18(23)25-13(4)17(24)20-11-12(2)3/h5-9,12-13H,1,10-11H2,2-4H3,(H,20,24)/t13-/m0/s1. The first-order chi connectivity index (χ1) is 11.9. The maximum atomic E-state index is 13.1. The Bertz CT molecular complexity index is 727. The molecule has 2 aromatic rings. The molecule has 25 heavy (non-hydrogen) atoms. The SMILES string of the molecule is C=CCn1c(S[C@@H](C)C(=O)NCC(C)C)nnc1-c1ccc(F)cc1. The van der Waals surface area contributed by atoms with E-state index >= 15 is 0 Å². The summed E-state index contributed by atoms with van der Waals surface area (Å²) in [4.78, 5) is 12.2. The molecule has 1 aromatic heterocycles. The quantitative estimate of drug-likeness (QED) is 0.576. The highest BCUT2D eigenvalue weighted by Crippen LogP contribution is 2.27. The monoisotopic (exact) mass is 362 g/mol. The van der Waals surface area contributed by atoms with Crippen LogP contribution in [-0.2, 0) is 11.3 Å². The van der Waals surface area contributed by atoms with Crippen LogP contribution in [0.4, 0.5) is 4.39 Å². The van der Waals surface area contributed by atoms with Crippen molar-refractivity contribution >= 4 is 17.7 Å². The van der Waals surface area contributed by atoms with Crippen LogP contribution < -0.4 is 5.32 Å². The second kappa shape index (κ2) is 8.80. The van der Waals surface area contributed by atoms with Crippen molar-refractivity contribution in [3.8, 4) is 11.4 Å². The summed E-state index contributed by atoms with van der Waals surface area (Å²) in [5.74, 6) is 0.687. The minimum absolute atomic E-state index is 0.0322.